The van der Waals surface area contributed by atoms with Crippen molar-refractivity contribution in [2.24, 2.45) is 0 Å². The molecule has 2 aromatic rings. The van der Waals surface area contributed by atoms with Gasteiger partial charge in [0, 0.05) is 25.5 Å². The van der Waals surface area contributed by atoms with E-state index in [2.05, 4.69) is 44.1 Å². The van der Waals surface area contributed by atoms with Gasteiger partial charge in [-0.3, -0.25) is 4.57 Å². The maximum Gasteiger partial charge on any atom is 0.241 e. The molecule has 0 fully saturated rings. The fourth-order valence-corrected chi connectivity index (χ4v) is 1.58. The van der Waals surface area contributed by atoms with Crippen LogP contribution in [0.3, 0.4) is 0 Å². The lowest BCUT2D eigenvalue weighted by Crippen LogP contribution is -2.25. The highest BCUT2D eigenvalue weighted by Crippen LogP contribution is 2.09. The third-order valence-electron chi connectivity index (χ3n) is 2.65. The van der Waals surface area contributed by atoms with E-state index in [0.717, 1.165) is 19.6 Å². The Morgan fingerprint density at radius 1 is 1.37 bits per heavy atom. The molecule has 0 unspecified atom stereocenters. The quantitative estimate of drug-likeness (QED) is 0.854. The van der Waals surface area contributed by atoms with Gasteiger partial charge in [-0.25, -0.2) is 4.98 Å². The van der Waals surface area contributed by atoms with Crippen LogP contribution in [0.5, 0.6) is 0 Å². The second-order valence-electron chi connectivity index (χ2n) is 4.02. The molecule has 0 atom stereocenters. The van der Waals surface area contributed by atoms with Crippen molar-refractivity contribution in [3.05, 3.63) is 24.0 Å². The van der Waals surface area contributed by atoms with E-state index < -0.39 is 0 Å². The van der Waals surface area contributed by atoms with Crippen molar-refractivity contribution in [2.75, 3.05) is 32.0 Å². The van der Waals surface area contributed by atoms with E-state index in [4.69, 9.17) is 11.6 Å². The van der Waals surface area contributed by atoms with Crippen LogP contribution in [0.25, 0.3) is 5.95 Å². The van der Waals surface area contributed by atoms with E-state index in [9.17, 15) is 0 Å². The van der Waals surface area contributed by atoms with E-state index in [1.807, 2.05) is 0 Å². The zero-order chi connectivity index (χ0) is 13.7. The number of halogens is 1. The summed E-state index contributed by atoms with van der Waals surface area (Å²) in [4.78, 5) is 18.5. The molecule has 102 valence electrons. The van der Waals surface area contributed by atoms with E-state index >= 15 is 0 Å². The first-order chi connectivity index (χ1) is 9.19. The van der Waals surface area contributed by atoms with E-state index in [0.29, 0.717) is 11.9 Å². The van der Waals surface area contributed by atoms with Crippen molar-refractivity contribution >= 4 is 17.5 Å². The molecule has 2 aromatic heterocycles. The molecule has 0 bridgehead atoms. The summed E-state index contributed by atoms with van der Waals surface area (Å²) in [5.41, 5.74) is 0. The summed E-state index contributed by atoms with van der Waals surface area (Å²) in [6.07, 6.45) is 5.02. The van der Waals surface area contributed by atoms with Crippen LogP contribution >= 0.6 is 11.6 Å². The number of hydrogen-bond donors (Lipinski definition) is 1. The van der Waals surface area contributed by atoms with Gasteiger partial charge in [-0.2, -0.15) is 15.0 Å². The maximum atomic E-state index is 5.89. The molecule has 0 aromatic carbocycles. The second-order valence-corrected chi connectivity index (χ2v) is 4.36. The lowest BCUT2D eigenvalue weighted by molar-refractivity contribution is 0.367. The van der Waals surface area contributed by atoms with E-state index in [1.54, 1.807) is 23.3 Å². The Morgan fingerprint density at radius 3 is 2.89 bits per heavy atom. The minimum absolute atomic E-state index is 0.157. The number of nitrogens with one attached hydrogen (secondary N) is 1. The Balaban J connectivity index is 2.05. The van der Waals surface area contributed by atoms with Gasteiger partial charge in [0.1, 0.15) is 6.33 Å². The van der Waals surface area contributed by atoms with Gasteiger partial charge in [-0.1, -0.05) is 6.92 Å². The first kappa shape index (κ1) is 13.7. The van der Waals surface area contributed by atoms with Crippen LogP contribution in [-0.4, -0.2) is 56.1 Å². The summed E-state index contributed by atoms with van der Waals surface area (Å²) < 4.78 is 1.68. The molecule has 0 saturated carbocycles. The van der Waals surface area contributed by atoms with Crippen molar-refractivity contribution in [1.82, 2.24) is 29.4 Å². The molecule has 0 aliphatic carbocycles. The van der Waals surface area contributed by atoms with Crippen LogP contribution in [-0.2, 0) is 0 Å². The summed E-state index contributed by atoms with van der Waals surface area (Å²) in [5, 5.41) is 3.29. The Hall–Kier alpha value is -1.73. The van der Waals surface area contributed by atoms with Gasteiger partial charge in [0.2, 0.25) is 17.2 Å². The molecule has 0 aliphatic heterocycles. The smallest absolute Gasteiger partial charge is 0.241 e. The average molecular weight is 282 g/mol. The molecule has 0 saturated heterocycles. The molecular formula is C11H16ClN7. The minimum Gasteiger partial charge on any atom is -0.353 e. The highest BCUT2D eigenvalue weighted by atomic mass is 35.5. The van der Waals surface area contributed by atoms with Gasteiger partial charge in [0.15, 0.2) is 0 Å². The lowest BCUT2D eigenvalue weighted by Gasteiger charge is -2.14. The largest absolute Gasteiger partial charge is 0.353 e. The summed E-state index contributed by atoms with van der Waals surface area (Å²) in [7, 11) is 2.05. The number of nitrogens with zero attached hydrogens (tertiary/aromatic N) is 6. The zero-order valence-electron chi connectivity index (χ0n) is 10.9. The predicted octanol–water partition coefficient (Wildman–Crippen LogP) is 1.07. The van der Waals surface area contributed by atoms with Crippen molar-refractivity contribution in [3.8, 4) is 5.95 Å². The van der Waals surface area contributed by atoms with Gasteiger partial charge >= 0.3 is 0 Å². The lowest BCUT2D eigenvalue weighted by atomic mass is 10.5. The fourth-order valence-electron chi connectivity index (χ4n) is 1.43. The molecule has 7 nitrogen and oxygen atoms in total. The molecule has 2 rings (SSSR count). The molecule has 0 amide bonds. The normalized spacial score (nSPS) is 10.9. The van der Waals surface area contributed by atoms with Crippen LogP contribution in [0.2, 0.25) is 5.28 Å². The third kappa shape index (κ3) is 3.87. The van der Waals surface area contributed by atoms with Crippen molar-refractivity contribution in [2.45, 2.75) is 6.92 Å². The Labute approximate surface area is 116 Å². The molecule has 8 heteroatoms. The Bertz CT molecular complexity index is 514. The Morgan fingerprint density at radius 2 is 2.21 bits per heavy atom. The third-order valence-corrected chi connectivity index (χ3v) is 2.82. The zero-order valence-corrected chi connectivity index (χ0v) is 11.7. The average Bonchev–Trinajstić information content (AvgIpc) is 2.91. The first-order valence-corrected chi connectivity index (χ1v) is 6.39. The van der Waals surface area contributed by atoms with Crippen molar-refractivity contribution in [1.29, 1.82) is 0 Å². The number of aromatic nitrogens is 5. The standard InChI is InChI=1S/C11H16ClN7/c1-3-18(2)6-5-14-10-15-9(12)16-11(17-10)19-7-4-13-8-19/h4,7-8H,3,5-6H2,1-2H3,(H,14,15,16,17). The molecule has 19 heavy (non-hydrogen) atoms. The van der Waals surface area contributed by atoms with Gasteiger partial charge in [0.25, 0.3) is 0 Å². The van der Waals surface area contributed by atoms with Crippen LogP contribution in [0.15, 0.2) is 18.7 Å². The second kappa shape index (κ2) is 6.44. The highest BCUT2D eigenvalue weighted by molar-refractivity contribution is 6.28. The summed E-state index contributed by atoms with van der Waals surface area (Å²) in [6, 6.07) is 0. The number of anilines is 1. The topological polar surface area (TPSA) is 71.8 Å². The number of imidazole rings is 1. The number of likely N-dealkylation sites (N-methyl/N-ethyl adjacent to an activating group) is 1. The number of rotatable bonds is 6. The van der Waals surface area contributed by atoms with Crippen LogP contribution in [0, 0.1) is 0 Å². The van der Waals surface area contributed by atoms with Crippen LogP contribution < -0.4 is 5.32 Å². The fraction of sp³-hybridized carbons (Fsp3) is 0.455. The summed E-state index contributed by atoms with van der Waals surface area (Å²) in [5.74, 6) is 0.914. The van der Waals surface area contributed by atoms with Crippen molar-refractivity contribution in [3.63, 3.8) is 0 Å². The van der Waals surface area contributed by atoms with E-state index in [1.165, 1.54) is 0 Å². The first-order valence-electron chi connectivity index (χ1n) is 6.01. The van der Waals surface area contributed by atoms with Gasteiger partial charge < -0.3 is 10.2 Å². The predicted molar refractivity (Wildman–Crippen MR) is 73.6 cm³/mol. The molecular weight excluding hydrogens is 266 g/mol. The Kier molecular flexibility index (Phi) is 4.64. The van der Waals surface area contributed by atoms with Crippen LogP contribution in [0.1, 0.15) is 6.92 Å². The summed E-state index contributed by atoms with van der Waals surface area (Å²) in [6.45, 7) is 4.76. The highest BCUT2D eigenvalue weighted by Gasteiger charge is 2.06. The molecule has 0 aliphatic rings. The molecule has 0 spiro atoms. The van der Waals surface area contributed by atoms with Crippen LogP contribution in [0.4, 0.5) is 5.95 Å². The summed E-state index contributed by atoms with van der Waals surface area (Å²) >= 11 is 5.89. The van der Waals surface area contributed by atoms with E-state index in [-0.39, 0.29) is 5.28 Å². The maximum absolute atomic E-state index is 5.89. The molecule has 1 N–H and O–H groups in total. The number of hydrogen-bond acceptors (Lipinski definition) is 6. The van der Waals surface area contributed by atoms with Gasteiger partial charge in [-0.05, 0) is 25.2 Å². The monoisotopic (exact) mass is 281 g/mol. The van der Waals surface area contributed by atoms with Gasteiger partial charge in [0.05, 0.1) is 0 Å². The molecule has 2 heterocycles. The molecule has 0 radical (unpaired) electrons. The SMILES string of the molecule is CCN(C)CCNc1nc(Cl)nc(-n2ccnc2)n1. The van der Waals surface area contributed by atoms with Gasteiger partial charge in [-0.15, -0.1) is 0 Å². The van der Waals surface area contributed by atoms with Crippen molar-refractivity contribution < 1.29 is 0 Å². The minimum atomic E-state index is 0.157.